The van der Waals surface area contributed by atoms with Crippen LogP contribution in [0.5, 0.6) is 0 Å². The third-order valence-electron chi connectivity index (χ3n) is 2.77. The van der Waals surface area contributed by atoms with Crippen molar-refractivity contribution in [1.29, 1.82) is 5.26 Å². The molecule has 0 radical (unpaired) electrons. The van der Waals surface area contributed by atoms with Gasteiger partial charge in [0.25, 0.3) is 0 Å². The molecular formula is C13H16N2O4S. The maximum atomic E-state index is 12.1. The van der Waals surface area contributed by atoms with Crippen molar-refractivity contribution in [1.82, 2.24) is 4.31 Å². The summed E-state index contributed by atoms with van der Waals surface area (Å²) in [4.78, 5) is 11.0. The number of nitriles is 1. The normalized spacial score (nSPS) is 11.1. The van der Waals surface area contributed by atoms with Crippen LogP contribution >= 0.6 is 0 Å². The zero-order valence-electron chi connectivity index (χ0n) is 11.4. The highest BCUT2D eigenvalue weighted by Crippen LogP contribution is 2.11. The summed E-state index contributed by atoms with van der Waals surface area (Å²) in [5.41, 5.74) is 1.07. The number of nitrogens with zero attached hydrogens (tertiary/aromatic N) is 2. The van der Waals surface area contributed by atoms with Gasteiger partial charge < -0.3 is 4.74 Å². The number of benzene rings is 1. The number of hydrogen-bond donors (Lipinski definition) is 0. The average Bonchev–Trinajstić information content (AvgIpc) is 2.44. The Morgan fingerprint density at radius 3 is 2.45 bits per heavy atom. The van der Waals surface area contributed by atoms with Crippen molar-refractivity contribution in [2.45, 2.75) is 12.2 Å². The molecule has 0 amide bonds. The third-order valence-corrected chi connectivity index (χ3v) is 4.60. The Bertz CT molecular complexity index is 602. The molecule has 1 aromatic carbocycles. The zero-order valence-corrected chi connectivity index (χ0v) is 12.2. The van der Waals surface area contributed by atoms with Gasteiger partial charge in [0.2, 0.25) is 10.0 Å². The first-order valence-electron chi connectivity index (χ1n) is 5.89. The number of rotatable bonds is 6. The second kappa shape index (κ2) is 7.03. The summed E-state index contributed by atoms with van der Waals surface area (Å²) in [6, 6.07) is 8.31. The zero-order chi connectivity index (χ0) is 15.2. The lowest BCUT2D eigenvalue weighted by molar-refractivity contribution is -0.140. The fourth-order valence-electron chi connectivity index (χ4n) is 1.49. The lowest BCUT2D eigenvalue weighted by Crippen LogP contribution is -2.30. The van der Waals surface area contributed by atoms with Crippen molar-refractivity contribution in [3.8, 4) is 6.07 Å². The van der Waals surface area contributed by atoms with Crippen LogP contribution < -0.4 is 0 Å². The number of esters is 1. The molecule has 0 saturated heterocycles. The molecule has 1 rings (SSSR count). The summed E-state index contributed by atoms with van der Waals surface area (Å²) in [7, 11) is -0.818. The molecule has 0 atom stereocenters. The molecule has 0 N–H and O–H groups in total. The monoisotopic (exact) mass is 296 g/mol. The number of methoxy groups -OCH3 is 1. The summed E-state index contributed by atoms with van der Waals surface area (Å²) in [6.45, 7) is 0.0747. The van der Waals surface area contributed by atoms with Crippen molar-refractivity contribution in [2.24, 2.45) is 0 Å². The second-order valence-electron chi connectivity index (χ2n) is 4.21. The summed E-state index contributed by atoms with van der Waals surface area (Å²) in [5, 5.41) is 8.67. The molecule has 6 nitrogen and oxygen atoms in total. The fraction of sp³-hybridized carbons (Fsp3) is 0.385. The SMILES string of the molecule is COC(=O)CCN(C)S(=O)(=O)Cc1ccc(C#N)cc1. The van der Waals surface area contributed by atoms with Gasteiger partial charge in [-0.3, -0.25) is 4.79 Å². The number of carbonyl (C=O) groups is 1. The van der Waals surface area contributed by atoms with Crippen LogP contribution in [0.4, 0.5) is 0 Å². The van der Waals surface area contributed by atoms with E-state index >= 15 is 0 Å². The molecule has 0 aliphatic carbocycles. The second-order valence-corrected chi connectivity index (χ2v) is 6.29. The number of carbonyl (C=O) groups excluding carboxylic acids is 1. The van der Waals surface area contributed by atoms with Crippen LogP contribution in [-0.4, -0.2) is 39.4 Å². The molecule has 0 aliphatic heterocycles. The van der Waals surface area contributed by atoms with Gasteiger partial charge in [-0.2, -0.15) is 5.26 Å². The molecule has 0 unspecified atom stereocenters. The van der Waals surface area contributed by atoms with E-state index in [9.17, 15) is 13.2 Å². The number of ether oxygens (including phenoxy) is 1. The first-order chi connectivity index (χ1) is 9.39. The van der Waals surface area contributed by atoms with Gasteiger partial charge in [0, 0.05) is 13.6 Å². The minimum Gasteiger partial charge on any atom is -0.469 e. The molecule has 0 fully saturated rings. The first-order valence-corrected chi connectivity index (χ1v) is 7.50. The Morgan fingerprint density at radius 2 is 1.95 bits per heavy atom. The summed E-state index contributed by atoms with van der Waals surface area (Å²) >= 11 is 0. The predicted molar refractivity (Wildman–Crippen MR) is 73.0 cm³/mol. The topological polar surface area (TPSA) is 87.5 Å². The maximum absolute atomic E-state index is 12.1. The largest absolute Gasteiger partial charge is 0.469 e. The van der Waals surface area contributed by atoms with E-state index in [2.05, 4.69) is 4.74 Å². The van der Waals surface area contributed by atoms with Crippen LogP contribution in [0.2, 0.25) is 0 Å². The van der Waals surface area contributed by atoms with Crippen molar-refractivity contribution < 1.29 is 17.9 Å². The Labute approximate surface area is 118 Å². The van der Waals surface area contributed by atoms with Crippen LogP contribution in [0.3, 0.4) is 0 Å². The Kier molecular flexibility index (Phi) is 5.67. The lowest BCUT2D eigenvalue weighted by atomic mass is 10.2. The average molecular weight is 296 g/mol. The van der Waals surface area contributed by atoms with Gasteiger partial charge in [-0.25, -0.2) is 12.7 Å². The molecule has 7 heteroatoms. The van der Waals surface area contributed by atoms with E-state index in [-0.39, 0.29) is 18.7 Å². The minimum absolute atomic E-state index is 0.0135. The van der Waals surface area contributed by atoms with Crippen LogP contribution in [0.25, 0.3) is 0 Å². The van der Waals surface area contributed by atoms with Gasteiger partial charge in [0.1, 0.15) is 0 Å². The number of hydrogen-bond acceptors (Lipinski definition) is 5. The van der Waals surface area contributed by atoms with E-state index in [1.54, 1.807) is 24.3 Å². The fourth-order valence-corrected chi connectivity index (χ4v) is 2.69. The minimum atomic E-state index is -3.49. The molecule has 0 heterocycles. The van der Waals surface area contributed by atoms with Crippen molar-refractivity contribution in [3.05, 3.63) is 35.4 Å². The van der Waals surface area contributed by atoms with Crippen LogP contribution in [0.1, 0.15) is 17.5 Å². The van der Waals surface area contributed by atoms with E-state index in [4.69, 9.17) is 5.26 Å². The summed E-state index contributed by atoms with van der Waals surface area (Å²) in [5.74, 6) is -0.624. The summed E-state index contributed by atoms with van der Waals surface area (Å²) < 4.78 is 29.7. The first kappa shape index (κ1) is 16.1. The highest BCUT2D eigenvalue weighted by molar-refractivity contribution is 7.88. The van der Waals surface area contributed by atoms with Crippen molar-refractivity contribution in [2.75, 3.05) is 20.7 Å². The standard InChI is InChI=1S/C13H16N2O4S/c1-15(8-7-13(16)19-2)20(17,18)10-12-5-3-11(9-14)4-6-12/h3-6H,7-8,10H2,1-2H3. The smallest absolute Gasteiger partial charge is 0.306 e. The molecule has 0 saturated carbocycles. The molecule has 0 bridgehead atoms. The highest BCUT2D eigenvalue weighted by atomic mass is 32.2. The van der Waals surface area contributed by atoms with Crippen LogP contribution in [0.15, 0.2) is 24.3 Å². The molecule has 20 heavy (non-hydrogen) atoms. The van der Waals surface area contributed by atoms with E-state index in [0.717, 1.165) is 4.31 Å². The Hall–Kier alpha value is -1.91. The van der Waals surface area contributed by atoms with Crippen molar-refractivity contribution in [3.63, 3.8) is 0 Å². The highest BCUT2D eigenvalue weighted by Gasteiger charge is 2.19. The van der Waals surface area contributed by atoms with Gasteiger partial charge in [-0.1, -0.05) is 12.1 Å². The van der Waals surface area contributed by atoms with Crippen LogP contribution in [0, 0.1) is 11.3 Å². The van der Waals surface area contributed by atoms with E-state index in [1.165, 1.54) is 14.2 Å². The molecule has 0 aromatic heterocycles. The molecule has 1 aromatic rings. The van der Waals surface area contributed by atoms with Gasteiger partial charge in [0.05, 0.1) is 30.9 Å². The predicted octanol–water partition coefficient (Wildman–Crippen LogP) is 0.883. The van der Waals surface area contributed by atoms with Gasteiger partial charge >= 0.3 is 5.97 Å². The van der Waals surface area contributed by atoms with Gasteiger partial charge in [-0.05, 0) is 17.7 Å². The molecule has 108 valence electrons. The van der Waals surface area contributed by atoms with Gasteiger partial charge in [-0.15, -0.1) is 0 Å². The van der Waals surface area contributed by atoms with Gasteiger partial charge in [0.15, 0.2) is 0 Å². The Balaban J connectivity index is 2.68. The van der Waals surface area contributed by atoms with E-state index in [0.29, 0.717) is 11.1 Å². The van der Waals surface area contributed by atoms with Crippen molar-refractivity contribution >= 4 is 16.0 Å². The molecular weight excluding hydrogens is 280 g/mol. The Morgan fingerprint density at radius 1 is 1.35 bits per heavy atom. The lowest BCUT2D eigenvalue weighted by Gasteiger charge is -2.16. The summed E-state index contributed by atoms with van der Waals surface area (Å²) in [6.07, 6.45) is 0.0135. The van der Waals surface area contributed by atoms with Crippen LogP contribution in [-0.2, 0) is 25.3 Å². The third kappa shape index (κ3) is 4.64. The number of sulfonamides is 1. The molecule has 0 spiro atoms. The van der Waals surface area contributed by atoms with E-state index < -0.39 is 16.0 Å². The van der Waals surface area contributed by atoms with E-state index in [1.807, 2.05) is 6.07 Å². The maximum Gasteiger partial charge on any atom is 0.306 e. The quantitative estimate of drug-likeness (QED) is 0.727. The molecule has 0 aliphatic rings.